The molecule has 2 saturated heterocycles. The van der Waals surface area contributed by atoms with Crippen LogP contribution in [0.15, 0.2) is 18.2 Å². The van der Waals surface area contributed by atoms with Crippen LogP contribution in [0.4, 0.5) is 0 Å². The van der Waals surface area contributed by atoms with E-state index < -0.39 is 0 Å². The van der Waals surface area contributed by atoms with E-state index in [0.29, 0.717) is 12.7 Å². The van der Waals surface area contributed by atoms with Crippen LogP contribution in [-0.4, -0.2) is 69.0 Å². The first-order valence-corrected chi connectivity index (χ1v) is 12.5. The summed E-state index contributed by atoms with van der Waals surface area (Å²) in [6, 6.07) is 7.44. The van der Waals surface area contributed by atoms with Gasteiger partial charge in [-0.25, -0.2) is 0 Å². The summed E-state index contributed by atoms with van der Waals surface area (Å²) >= 11 is 0. The lowest BCUT2D eigenvalue weighted by molar-refractivity contribution is 0.0539. The van der Waals surface area contributed by atoms with Crippen LogP contribution in [0.5, 0.6) is 5.75 Å². The van der Waals surface area contributed by atoms with Crippen LogP contribution in [0, 0.1) is 5.92 Å². The molecule has 0 spiro atoms. The molecule has 31 heavy (non-hydrogen) atoms. The molecule has 0 aromatic heterocycles. The summed E-state index contributed by atoms with van der Waals surface area (Å²) in [5.74, 6) is 1.71. The average Bonchev–Trinajstić information content (AvgIpc) is 3.49. The molecule has 0 N–H and O–H groups in total. The van der Waals surface area contributed by atoms with Crippen molar-refractivity contribution in [1.29, 1.82) is 0 Å². The molecule has 1 aromatic rings. The van der Waals surface area contributed by atoms with Gasteiger partial charge in [0.1, 0.15) is 5.75 Å². The fourth-order valence-electron chi connectivity index (χ4n) is 5.87. The van der Waals surface area contributed by atoms with Gasteiger partial charge in [0.15, 0.2) is 0 Å². The van der Waals surface area contributed by atoms with E-state index in [-0.39, 0.29) is 0 Å². The highest BCUT2D eigenvalue weighted by Crippen LogP contribution is 2.29. The largest absolute Gasteiger partial charge is 0.496 e. The minimum absolute atomic E-state index is 0.398. The van der Waals surface area contributed by atoms with Crippen molar-refractivity contribution in [2.24, 2.45) is 5.92 Å². The molecule has 1 aromatic carbocycles. The molecule has 5 heteroatoms. The molecule has 3 aliphatic rings. The van der Waals surface area contributed by atoms with Gasteiger partial charge >= 0.3 is 0 Å². The number of ether oxygens (including phenoxy) is 3. The molecule has 1 aliphatic carbocycles. The highest BCUT2D eigenvalue weighted by atomic mass is 16.5. The summed E-state index contributed by atoms with van der Waals surface area (Å²) in [4.78, 5) is 5.44. The quantitative estimate of drug-likeness (QED) is 0.547. The van der Waals surface area contributed by atoms with Gasteiger partial charge in [0, 0.05) is 45.0 Å². The molecule has 5 nitrogen and oxygen atoms in total. The van der Waals surface area contributed by atoms with E-state index in [1.54, 1.807) is 14.2 Å². The zero-order valence-electron chi connectivity index (χ0n) is 19.7. The average molecular weight is 431 g/mol. The third-order valence-corrected chi connectivity index (χ3v) is 7.54. The SMILES string of the molecule is COCc1cc(CN(CC2CCN(C3CCCC3)CC2)C[C@@H]2CCCO2)ccc1OC. The highest BCUT2D eigenvalue weighted by Gasteiger charge is 2.29. The normalized spacial score (nSPS) is 23.8. The number of methoxy groups -OCH3 is 2. The Labute approximate surface area is 189 Å². The number of hydrogen-bond acceptors (Lipinski definition) is 5. The lowest BCUT2D eigenvalue weighted by Crippen LogP contribution is -2.43. The lowest BCUT2D eigenvalue weighted by Gasteiger charge is -2.38. The standard InChI is InChI=1S/C26H42N2O3/c1-29-20-23-16-22(9-10-26(23)30-2)18-27(19-25-8-5-15-31-25)17-21-11-13-28(14-12-21)24-6-3-4-7-24/h9-10,16,21,24-25H,3-8,11-15,17-20H2,1-2H3/t25-/m0/s1. The van der Waals surface area contributed by atoms with Crippen LogP contribution in [0.25, 0.3) is 0 Å². The second-order valence-electron chi connectivity index (χ2n) is 9.83. The molecule has 3 fully saturated rings. The monoisotopic (exact) mass is 430 g/mol. The van der Waals surface area contributed by atoms with Gasteiger partial charge < -0.3 is 19.1 Å². The zero-order valence-corrected chi connectivity index (χ0v) is 19.7. The second kappa shape index (κ2) is 11.6. The number of piperidine rings is 1. The second-order valence-corrected chi connectivity index (χ2v) is 9.83. The maximum Gasteiger partial charge on any atom is 0.124 e. The maximum atomic E-state index is 6.00. The Bertz CT molecular complexity index is 663. The molecule has 0 amide bonds. The molecule has 2 heterocycles. The number of rotatable bonds is 10. The Morgan fingerprint density at radius 1 is 1.00 bits per heavy atom. The van der Waals surface area contributed by atoms with Crippen molar-refractivity contribution < 1.29 is 14.2 Å². The number of hydrogen-bond donors (Lipinski definition) is 0. The van der Waals surface area contributed by atoms with E-state index >= 15 is 0 Å². The molecular weight excluding hydrogens is 388 g/mol. The van der Waals surface area contributed by atoms with Gasteiger partial charge in [-0.15, -0.1) is 0 Å². The van der Waals surface area contributed by atoms with Crippen molar-refractivity contribution >= 4 is 0 Å². The molecule has 1 atom stereocenters. The van der Waals surface area contributed by atoms with Crippen LogP contribution in [0.3, 0.4) is 0 Å². The number of nitrogens with zero attached hydrogens (tertiary/aromatic N) is 2. The fraction of sp³-hybridized carbons (Fsp3) is 0.769. The van der Waals surface area contributed by atoms with E-state index in [9.17, 15) is 0 Å². The van der Waals surface area contributed by atoms with E-state index in [4.69, 9.17) is 14.2 Å². The molecular formula is C26H42N2O3. The first kappa shape index (κ1) is 23.0. The predicted molar refractivity (Wildman–Crippen MR) is 125 cm³/mol. The van der Waals surface area contributed by atoms with Gasteiger partial charge in [-0.2, -0.15) is 0 Å². The Kier molecular flexibility index (Phi) is 8.65. The minimum atomic E-state index is 0.398. The van der Waals surface area contributed by atoms with Crippen LogP contribution < -0.4 is 4.74 Å². The summed E-state index contributed by atoms with van der Waals surface area (Å²) < 4.78 is 16.9. The van der Waals surface area contributed by atoms with Gasteiger partial charge in [0.25, 0.3) is 0 Å². The van der Waals surface area contributed by atoms with Crippen LogP contribution in [-0.2, 0) is 22.6 Å². The summed E-state index contributed by atoms with van der Waals surface area (Å²) in [5, 5.41) is 0. The van der Waals surface area contributed by atoms with Crippen molar-refractivity contribution in [1.82, 2.24) is 9.80 Å². The minimum Gasteiger partial charge on any atom is -0.496 e. The van der Waals surface area contributed by atoms with Gasteiger partial charge in [-0.3, -0.25) is 4.90 Å². The molecule has 0 bridgehead atoms. The molecule has 174 valence electrons. The van der Waals surface area contributed by atoms with E-state index in [1.807, 2.05) is 0 Å². The Balaban J connectivity index is 1.37. The van der Waals surface area contributed by atoms with Gasteiger partial charge in [0.05, 0.1) is 19.8 Å². The van der Waals surface area contributed by atoms with Crippen molar-refractivity contribution in [3.63, 3.8) is 0 Å². The van der Waals surface area contributed by atoms with E-state index in [2.05, 4.69) is 28.0 Å². The number of likely N-dealkylation sites (tertiary alicyclic amines) is 1. The third kappa shape index (κ3) is 6.44. The van der Waals surface area contributed by atoms with Crippen molar-refractivity contribution in [3.8, 4) is 5.75 Å². The molecule has 0 unspecified atom stereocenters. The van der Waals surface area contributed by atoms with Crippen molar-refractivity contribution in [3.05, 3.63) is 29.3 Å². The first-order valence-electron chi connectivity index (χ1n) is 12.5. The Morgan fingerprint density at radius 3 is 2.48 bits per heavy atom. The predicted octanol–water partition coefficient (Wildman–Crippen LogP) is 4.48. The Morgan fingerprint density at radius 2 is 1.81 bits per heavy atom. The topological polar surface area (TPSA) is 34.2 Å². The summed E-state index contributed by atoms with van der Waals surface area (Å²) in [6.45, 7) is 7.32. The highest BCUT2D eigenvalue weighted by molar-refractivity contribution is 5.37. The number of benzene rings is 1. The maximum absolute atomic E-state index is 6.00. The summed E-state index contributed by atoms with van der Waals surface area (Å²) in [5.41, 5.74) is 2.47. The Hall–Kier alpha value is -1.14. The molecule has 0 radical (unpaired) electrons. The molecule has 2 aliphatic heterocycles. The van der Waals surface area contributed by atoms with Gasteiger partial charge in [-0.05, 0) is 75.2 Å². The summed E-state index contributed by atoms with van der Waals surface area (Å²) in [7, 11) is 3.48. The van der Waals surface area contributed by atoms with Crippen LogP contribution in [0.2, 0.25) is 0 Å². The van der Waals surface area contributed by atoms with Crippen LogP contribution in [0.1, 0.15) is 62.5 Å². The fourth-order valence-corrected chi connectivity index (χ4v) is 5.87. The van der Waals surface area contributed by atoms with Gasteiger partial charge in [0.2, 0.25) is 0 Å². The molecule has 1 saturated carbocycles. The van der Waals surface area contributed by atoms with Crippen molar-refractivity contribution in [2.75, 3.05) is 47.0 Å². The summed E-state index contributed by atoms with van der Waals surface area (Å²) in [6.07, 6.45) is 11.2. The molecule has 4 rings (SSSR count). The van der Waals surface area contributed by atoms with E-state index in [0.717, 1.165) is 43.0 Å². The third-order valence-electron chi connectivity index (χ3n) is 7.54. The van der Waals surface area contributed by atoms with Crippen LogP contribution >= 0.6 is 0 Å². The lowest BCUT2D eigenvalue weighted by atomic mass is 9.94. The smallest absolute Gasteiger partial charge is 0.124 e. The van der Waals surface area contributed by atoms with Crippen molar-refractivity contribution in [2.45, 2.75) is 76.7 Å². The van der Waals surface area contributed by atoms with Gasteiger partial charge in [-0.1, -0.05) is 18.9 Å². The van der Waals surface area contributed by atoms with E-state index in [1.165, 1.54) is 76.6 Å². The zero-order chi connectivity index (χ0) is 21.5. The first-order chi connectivity index (χ1) is 15.2.